The molecule has 1 amide bonds. The molecule has 0 atom stereocenters. The summed E-state index contributed by atoms with van der Waals surface area (Å²) in [7, 11) is 0. The normalized spacial score (nSPS) is 11.4. The van der Waals surface area contributed by atoms with Gasteiger partial charge in [0, 0.05) is 11.1 Å². The highest BCUT2D eigenvalue weighted by Crippen LogP contribution is 2.28. The molecule has 4 aromatic carbocycles. The van der Waals surface area contributed by atoms with Gasteiger partial charge in [0.2, 0.25) is 5.82 Å². The van der Waals surface area contributed by atoms with Gasteiger partial charge in [-0.25, -0.2) is 9.37 Å². The molecule has 0 radical (unpaired) electrons. The zero-order valence-corrected chi connectivity index (χ0v) is 22.8. The minimum Gasteiger partial charge on any atom is -0.483 e. The van der Waals surface area contributed by atoms with Crippen LogP contribution in [-0.4, -0.2) is 28.4 Å². The first-order valence-electron chi connectivity index (χ1n) is 12.5. The standard InChI is InChI=1S/C31H20BrFN4O4/c32-24-14-19(12-13-27(24)40-18-29(38)35-22-8-5-7-21(33)16-22)17-34-37-30(28-15-20-6-1-4-11-26(20)41-28)36-25-10-3-2-9-23(25)31(37)39/h1-17H,18H2,(H,35,38). The number of anilines is 1. The molecule has 1 N–H and O–H groups in total. The number of aromatic nitrogens is 2. The number of carbonyl (C=O) groups excluding carboxylic acids is 1. The van der Waals surface area contributed by atoms with Crippen molar-refractivity contribution in [2.75, 3.05) is 11.9 Å². The van der Waals surface area contributed by atoms with Crippen LogP contribution in [0.2, 0.25) is 0 Å². The van der Waals surface area contributed by atoms with Gasteiger partial charge in [0.05, 0.1) is 21.6 Å². The van der Waals surface area contributed by atoms with Gasteiger partial charge in [-0.15, -0.1) is 0 Å². The maximum absolute atomic E-state index is 13.5. The van der Waals surface area contributed by atoms with E-state index in [1.807, 2.05) is 36.4 Å². The van der Waals surface area contributed by atoms with Crippen molar-refractivity contribution < 1.29 is 18.3 Å². The summed E-state index contributed by atoms with van der Waals surface area (Å²) in [5.41, 5.74) is 1.86. The number of hydrogen-bond donors (Lipinski definition) is 1. The molecule has 0 saturated heterocycles. The molecule has 202 valence electrons. The Labute approximate surface area is 240 Å². The number of rotatable bonds is 7. The third-order valence-corrected chi connectivity index (χ3v) is 6.76. The maximum atomic E-state index is 13.5. The van der Waals surface area contributed by atoms with E-state index >= 15 is 0 Å². The quantitative estimate of drug-likeness (QED) is 0.205. The van der Waals surface area contributed by atoms with Gasteiger partial charge in [-0.3, -0.25) is 9.59 Å². The summed E-state index contributed by atoms with van der Waals surface area (Å²) in [5.74, 6) is 0.214. The minimum atomic E-state index is -0.449. The van der Waals surface area contributed by atoms with E-state index in [0.717, 1.165) is 5.39 Å². The van der Waals surface area contributed by atoms with Gasteiger partial charge in [0.15, 0.2) is 12.4 Å². The van der Waals surface area contributed by atoms with Gasteiger partial charge in [0.25, 0.3) is 11.5 Å². The Bertz CT molecular complexity index is 1980. The second kappa shape index (κ2) is 11.2. The van der Waals surface area contributed by atoms with Crippen LogP contribution in [0.4, 0.5) is 10.1 Å². The highest BCUT2D eigenvalue weighted by Gasteiger charge is 2.16. The van der Waals surface area contributed by atoms with E-state index in [1.165, 1.54) is 29.1 Å². The molecule has 8 nitrogen and oxygen atoms in total. The van der Waals surface area contributed by atoms with E-state index in [1.54, 1.807) is 42.5 Å². The van der Waals surface area contributed by atoms with E-state index in [0.29, 0.717) is 43.7 Å². The molecular weight excluding hydrogens is 591 g/mol. The Morgan fingerprint density at radius 1 is 1.02 bits per heavy atom. The number of hydrogen-bond acceptors (Lipinski definition) is 6. The van der Waals surface area contributed by atoms with Crippen molar-refractivity contribution in [1.82, 2.24) is 9.66 Å². The zero-order chi connectivity index (χ0) is 28.3. The molecule has 0 aliphatic rings. The van der Waals surface area contributed by atoms with Crippen molar-refractivity contribution in [2.45, 2.75) is 0 Å². The van der Waals surface area contributed by atoms with Crippen LogP contribution in [0.15, 0.2) is 116 Å². The van der Waals surface area contributed by atoms with Gasteiger partial charge in [-0.05, 0) is 82.2 Å². The summed E-state index contributed by atoms with van der Waals surface area (Å²) in [6, 6.07) is 27.2. The molecule has 2 heterocycles. The first-order valence-corrected chi connectivity index (χ1v) is 13.3. The van der Waals surface area contributed by atoms with Crippen LogP contribution in [-0.2, 0) is 4.79 Å². The average Bonchev–Trinajstić information content (AvgIpc) is 3.40. The van der Waals surface area contributed by atoms with Gasteiger partial charge in [-0.1, -0.05) is 36.4 Å². The number of para-hydroxylation sites is 2. The summed E-state index contributed by atoms with van der Waals surface area (Å²) in [4.78, 5) is 30.4. The van der Waals surface area contributed by atoms with Gasteiger partial charge in [-0.2, -0.15) is 9.78 Å². The molecular formula is C31H20BrFN4O4. The third-order valence-electron chi connectivity index (χ3n) is 6.15. The van der Waals surface area contributed by atoms with Crippen LogP contribution in [0.25, 0.3) is 33.5 Å². The molecule has 41 heavy (non-hydrogen) atoms. The van der Waals surface area contributed by atoms with Crippen molar-refractivity contribution >= 4 is 55.6 Å². The van der Waals surface area contributed by atoms with Crippen LogP contribution >= 0.6 is 15.9 Å². The number of ether oxygens (including phenoxy) is 1. The number of furan rings is 1. The zero-order valence-electron chi connectivity index (χ0n) is 21.3. The van der Waals surface area contributed by atoms with Crippen molar-refractivity contribution in [3.05, 3.63) is 123 Å². The SMILES string of the molecule is O=C(COc1ccc(C=Nn2c(-c3cc4ccccc4o3)nc3ccccc3c2=O)cc1Br)Nc1cccc(F)c1. The van der Waals surface area contributed by atoms with Crippen LogP contribution in [0, 0.1) is 5.82 Å². The van der Waals surface area contributed by atoms with Gasteiger partial charge < -0.3 is 14.5 Å². The number of benzene rings is 4. The van der Waals surface area contributed by atoms with E-state index in [2.05, 4.69) is 31.3 Å². The Balaban J connectivity index is 1.26. The van der Waals surface area contributed by atoms with Crippen LogP contribution in [0.3, 0.4) is 0 Å². The van der Waals surface area contributed by atoms with Crippen molar-refractivity contribution in [2.24, 2.45) is 5.10 Å². The first kappa shape index (κ1) is 26.1. The van der Waals surface area contributed by atoms with E-state index < -0.39 is 11.7 Å². The van der Waals surface area contributed by atoms with Gasteiger partial charge in [0.1, 0.15) is 17.1 Å². The van der Waals surface area contributed by atoms with Crippen LogP contribution < -0.4 is 15.6 Å². The molecule has 0 aliphatic heterocycles. The summed E-state index contributed by atoms with van der Waals surface area (Å²) in [6.45, 7) is -0.276. The highest BCUT2D eigenvalue weighted by atomic mass is 79.9. The van der Waals surface area contributed by atoms with Crippen molar-refractivity contribution in [1.29, 1.82) is 0 Å². The lowest BCUT2D eigenvalue weighted by molar-refractivity contribution is -0.118. The Kier molecular flexibility index (Phi) is 7.13. The Morgan fingerprint density at radius 2 is 1.85 bits per heavy atom. The number of nitrogens with one attached hydrogen (secondary N) is 1. The summed E-state index contributed by atoms with van der Waals surface area (Å²) in [6.07, 6.45) is 1.52. The highest BCUT2D eigenvalue weighted by molar-refractivity contribution is 9.10. The van der Waals surface area contributed by atoms with E-state index in [9.17, 15) is 14.0 Å². The Morgan fingerprint density at radius 3 is 2.68 bits per heavy atom. The monoisotopic (exact) mass is 610 g/mol. The smallest absolute Gasteiger partial charge is 0.282 e. The lowest BCUT2D eigenvalue weighted by Crippen LogP contribution is -2.20. The number of fused-ring (bicyclic) bond motifs is 2. The molecule has 6 rings (SSSR count). The summed E-state index contributed by atoms with van der Waals surface area (Å²) in [5, 5.41) is 8.35. The second-order valence-corrected chi connectivity index (χ2v) is 9.85. The fourth-order valence-electron chi connectivity index (χ4n) is 4.23. The molecule has 0 bridgehead atoms. The first-order chi connectivity index (χ1) is 19.9. The van der Waals surface area contributed by atoms with Crippen LogP contribution in [0.5, 0.6) is 5.75 Å². The molecule has 0 fully saturated rings. The lowest BCUT2D eigenvalue weighted by atomic mass is 10.2. The number of carbonyl (C=O) groups is 1. The summed E-state index contributed by atoms with van der Waals surface area (Å²) < 4.78 is 26.8. The average molecular weight is 611 g/mol. The largest absolute Gasteiger partial charge is 0.483 e. The van der Waals surface area contributed by atoms with E-state index in [4.69, 9.17) is 9.15 Å². The lowest BCUT2D eigenvalue weighted by Gasteiger charge is -2.10. The number of amides is 1. The molecule has 10 heteroatoms. The maximum Gasteiger partial charge on any atom is 0.282 e. The van der Waals surface area contributed by atoms with Crippen molar-refractivity contribution in [3.8, 4) is 17.3 Å². The minimum absolute atomic E-state index is 0.268. The molecule has 0 aliphatic carbocycles. The molecule has 2 aromatic heterocycles. The molecule has 0 unspecified atom stereocenters. The van der Waals surface area contributed by atoms with Gasteiger partial charge >= 0.3 is 0 Å². The van der Waals surface area contributed by atoms with Crippen LogP contribution in [0.1, 0.15) is 5.56 Å². The Hall–Kier alpha value is -5.09. The molecule has 6 aromatic rings. The fraction of sp³-hybridized carbons (Fsp3) is 0.0323. The predicted molar refractivity (Wildman–Crippen MR) is 159 cm³/mol. The summed E-state index contributed by atoms with van der Waals surface area (Å²) >= 11 is 3.45. The second-order valence-electron chi connectivity index (χ2n) is 9.00. The van der Waals surface area contributed by atoms with Crippen molar-refractivity contribution in [3.63, 3.8) is 0 Å². The predicted octanol–water partition coefficient (Wildman–Crippen LogP) is 6.61. The van der Waals surface area contributed by atoms with E-state index in [-0.39, 0.29) is 18.0 Å². The molecule has 0 saturated carbocycles. The topological polar surface area (TPSA) is 98.7 Å². The number of halogens is 2. The molecule has 0 spiro atoms. The number of nitrogens with zero attached hydrogens (tertiary/aromatic N) is 3. The fourth-order valence-corrected chi connectivity index (χ4v) is 4.74. The third kappa shape index (κ3) is 5.64.